The Hall–Kier alpha value is -3.00. The molecule has 35 heavy (non-hydrogen) atoms. The molecular formula is C27H33N3O4S. The molecule has 3 amide bonds. The van der Waals surface area contributed by atoms with Gasteiger partial charge in [-0.25, -0.2) is 0 Å². The SMILES string of the molecule is COc1ccccc1CNC(=O)[C@H](CC(C)C)NC(=O)[C@H]1N2C(=O)c3ccccc3[C@H]2SC1(C)C. The molecule has 4 rings (SSSR count). The van der Waals surface area contributed by atoms with Gasteiger partial charge in [-0.05, 0) is 43.9 Å². The Morgan fingerprint density at radius 3 is 2.51 bits per heavy atom. The summed E-state index contributed by atoms with van der Waals surface area (Å²) in [6.45, 7) is 8.28. The van der Waals surface area contributed by atoms with Crippen LogP contribution in [-0.4, -0.2) is 46.6 Å². The van der Waals surface area contributed by atoms with Crippen LogP contribution in [0.25, 0.3) is 0 Å². The number of benzene rings is 2. The zero-order valence-corrected chi connectivity index (χ0v) is 21.6. The zero-order chi connectivity index (χ0) is 25.3. The van der Waals surface area contributed by atoms with Gasteiger partial charge in [-0.2, -0.15) is 0 Å². The molecule has 0 spiro atoms. The number of carbonyl (C=O) groups is 3. The minimum Gasteiger partial charge on any atom is -0.496 e. The van der Waals surface area contributed by atoms with Crippen LogP contribution in [0.3, 0.4) is 0 Å². The molecule has 0 saturated carbocycles. The zero-order valence-electron chi connectivity index (χ0n) is 20.8. The van der Waals surface area contributed by atoms with Crippen molar-refractivity contribution in [2.24, 2.45) is 5.92 Å². The van der Waals surface area contributed by atoms with E-state index >= 15 is 0 Å². The molecule has 2 N–H and O–H groups in total. The first-order valence-corrected chi connectivity index (χ1v) is 12.8. The third kappa shape index (κ3) is 4.89. The number of hydrogen-bond donors (Lipinski definition) is 2. The molecule has 186 valence electrons. The molecule has 0 aliphatic carbocycles. The van der Waals surface area contributed by atoms with Gasteiger partial charge in [0.2, 0.25) is 11.8 Å². The van der Waals surface area contributed by atoms with Gasteiger partial charge in [0.25, 0.3) is 5.91 Å². The van der Waals surface area contributed by atoms with Gasteiger partial charge in [0.15, 0.2) is 0 Å². The maximum Gasteiger partial charge on any atom is 0.256 e. The summed E-state index contributed by atoms with van der Waals surface area (Å²) in [7, 11) is 1.59. The second-order valence-electron chi connectivity index (χ2n) is 10.00. The highest BCUT2D eigenvalue weighted by Gasteiger charge is 2.57. The Balaban J connectivity index is 1.51. The van der Waals surface area contributed by atoms with Gasteiger partial charge in [0.1, 0.15) is 23.2 Å². The van der Waals surface area contributed by atoms with Crippen molar-refractivity contribution in [2.45, 2.75) is 62.9 Å². The second kappa shape index (κ2) is 9.93. The number of ether oxygens (including phenoxy) is 1. The van der Waals surface area contributed by atoms with Crippen molar-refractivity contribution in [1.82, 2.24) is 15.5 Å². The van der Waals surface area contributed by atoms with Gasteiger partial charge >= 0.3 is 0 Å². The molecule has 0 bridgehead atoms. The van der Waals surface area contributed by atoms with E-state index in [9.17, 15) is 14.4 Å². The lowest BCUT2D eigenvalue weighted by Gasteiger charge is -2.31. The second-order valence-corrected chi connectivity index (χ2v) is 11.7. The quantitative estimate of drug-likeness (QED) is 0.580. The molecule has 2 heterocycles. The number of hydrogen-bond acceptors (Lipinski definition) is 5. The lowest BCUT2D eigenvalue weighted by molar-refractivity contribution is -0.132. The highest BCUT2D eigenvalue weighted by Crippen LogP contribution is 2.56. The van der Waals surface area contributed by atoms with E-state index in [0.717, 1.165) is 11.1 Å². The van der Waals surface area contributed by atoms with Crippen LogP contribution in [0.2, 0.25) is 0 Å². The summed E-state index contributed by atoms with van der Waals surface area (Å²) in [6.07, 6.45) is 0.487. The highest BCUT2D eigenvalue weighted by molar-refractivity contribution is 8.01. The molecule has 2 aliphatic heterocycles. The van der Waals surface area contributed by atoms with Crippen LogP contribution < -0.4 is 15.4 Å². The fourth-order valence-electron chi connectivity index (χ4n) is 4.91. The molecule has 0 unspecified atom stereocenters. The van der Waals surface area contributed by atoms with Crippen molar-refractivity contribution in [1.29, 1.82) is 0 Å². The Kier molecular flexibility index (Phi) is 7.12. The predicted molar refractivity (Wildman–Crippen MR) is 137 cm³/mol. The van der Waals surface area contributed by atoms with Crippen LogP contribution in [0, 0.1) is 5.92 Å². The van der Waals surface area contributed by atoms with Crippen molar-refractivity contribution in [3.05, 3.63) is 65.2 Å². The Labute approximate surface area is 211 Å². The van der Waals surface area contributed by atoms with Gasteiger partial charge in [-0.3, -0.25) is 14.4 Å². The first-order valence-electron chi connectivity index (χ1n) is 11.9. The largest absolute Gasteiger partial charge is 0.496 e. The number of methoxy groups -OCH3 is 1. The summed E-state index contributed by atoms with van der Waals surface area (Å²) < 4.78 is 4.87. The first kappa shape index (κ1) is 25.1. The third-order valence-electron chi connectivity index (χ3n) is 6.53. The Morgan fingerprint density at radius 2 is 1.80 bits per heavy atom. The molecule has 7 nitrogen and oxygen atoms in total. The minimum absolute atomic E-state index is 0.134. The molecule has 1 saturated heterocycles. The maximum absolute atomic E-state index is 13.7. The van der Waals surface area contributed by atoms with E-state index in [1.54, 1.807) is 23.8 Å². The number of nitrogens with one attached hydrogen (secondary N) is 2. The average molecular weight is 496 g/mol. The predicted octanol–water partition coefficient (Wildman–Crippen LogP) is 3.89. The van der Waals surface area contributed by atoms with Gasteiger partial charge in [0, 0.05) is 22.4 Å². The summed E-state index contributed by atoms with van der Waals surface area (Å²) in [5, 5.41) is 5.73. The van der Waals surface area contributed by atoms with E-state index in [2.05, 4.69) is 10.6 Å². The monoisotopic (exact) mass is 495 g/mol. The lowest BCUT2D eigenvalue weighted by atomic mass is 9.98. The van der Waals surface area contributed by atoms with Crippen molar-refractivity contribution >= 4 is 29.5 Å². The lowest BCUT2D eigenvalue weighted by Crippen LogP contribution is -2.57. The fourth-order valence-corrected chi connectivity index (χ4v) is 6.50. The van der Waals surface area contributed by atoms with E-state index in [-0.39, 0.29) is 29.0 Å². The van der Waals surface area contributed by atoms with Crippen LogP contribution in [-0.2, 0) is 16.1 Å². The molecule has 0 radical (unpaired) electrons. The Morgan fingerprint density at radius 1 is 1.11 bits per heavy atom. The van der Waals surface area contributed by atoms with Gasteiger partial charge in [0.05, 0.1) is 7.11 Å². The normalized spacial score (nSPS) is 20.9. The van der Waals surface area contributed by atoms with Crippen molar-refractivity contribution < 1.29 is 19.1 Å². The number of fused-ring (bicyclic) bond motifs is 3. The number of thioether (sulfide) groups is 1. The molecule has 2 aliphatic rings. The van der Waals surface area contributed by atoms with Crippen LogP contribution in [0.15, 0.2) is 48.5 Å². The Bertz CT molecular complexity index is 1130. The van der Waals surface area contributed by atoms with Crippen molar-refractivity contribution in [3.8, 4) is 5.75 Å². The van der Waals surface area contributed by atoms with Crippen LogP contribution >= 0.6 is 11.8 Å². The smallest absolute Gasteiger partial charge is 0.256 e. The van der Waals surface area contributed by atoms with Crippen molar-refractivity contribution in [3.63, 3.8) is 0 Å². The molecular weight excluding hydrogens is 462 g/mol. The number of nitrogens with zero attached hydrogens (tertiary/aromatic N) is 1. The van der Waals surface area contributed by atoms with Gasteiger partial charge < -0.3 is 20.3 Å². The third-order valence-corrected chi connectivity index (χ3v) is 8.07. The van der Waals surface area contributed by atoms with E-state index < -0.39 is 16.8 Å². The summed E-state index contributed by atoms with van der Waals surface area (Å²) >= 11 is 1.61. The van der Waals surface area contributed by atoms with Crippen LogP contribution in [0.5, 0.6) is 5.75 Å². The number of para-hydroxylation sites is 1. The van der Waals surface area contributed by atoms with Gasteiger partial charge in [-0.1, -0.05) is 50.2 Å². The maximum atomic E-state index is 13.7. The van der Waals surface area contributed by atoms with Crippen LogP contribution in [0.4, 0.5) is 0 Å². The number of rotatable bonds is 8. The summed E-state index contributed by atoms with van der Waals surface area (Å²) in [4.78, 5) is 41.8. The number of amides is 3. The highest BCUT2D eigenvalue weighted by atomic mass is 32.2. The molecule has 2 aromatic carbocycles. The van der Waals surface area contributed by atoms with Crippen LogP contribution in [0.1, 0.15) is 61.0 Å². The van der Waals surface area contributed by atoms with Gasteiger partial charge in [-0.15, -0.1) is 11.8 Å². The average Bonchev–Trinajstić information content (AvgIpc) is 3.25. The molecule has 1 fully saturated rings. The minimum atomic E-state index is -0.711. The van der Waals surface area contributed by atoms with E-state index in [0.29, 0.717) is 24.3 Å². The molecule has 8 heteroatoms. The topological polar surface area (TPSA) is 87.7 Å². The summed E-state index contributed by atoms with van der Waals surface area (Å²) in [6, 6.07) is 13.6. The van der Waals surface area contributed by atoms with E-state index in [1.165, 1.54) is 0 Å². The first-order chi connectivity index (χ1) is 16.6. The molecule has 3 atom stereocenters. The standard InChI is InChI=1S/C27H33N3O4S/c1-16(2)14-20(23(31)28-15-17-10-6-9-13-21(17)34-5)29-24(32)22-27(3,4)35-26-19-12-8-7-11-18(19)25(33)30(22)26/h6-13,16,20,22,26H,14-15H2,1-5H3,(H,28,31)(H,29,32)/t20-,22+,26+/m0/s1. The molecule has 2 aromatic rings. The van der Waals surface area contributed by atoms with E-state index in [1.807, 2.05) is 76.2 Å². The number of carbonyl (C=O) groups excluding carboxylic acids is 3. The summed E-state index contributed by atoms with van der Waals surface area (Å²) in [5.74, 6) is 0.192. The van der Waals surface area contributed by atoms with Crippen molar-refractivity contribution in [2.75, 3.05) is 7.11 Å². The molecule has 0 aromatic heterocycles. The fraction of sp³-hybridized carbons (Fsp3) is 0.444. The summed E-state index contributed by atoms with van der Waals surface area (Å²) in [5.41, 5.74) is 2.44. The van der Waals surface area contributed by atoms with E-state index in [4.69, 9.17) is 4.74 Å².